The second-order valence-corrected chi connectivity index (χ2v) is 7.17. The van der Waals surface area contributed by atoms with Crippen molar-refractivity contribution in [1.82, 2.24) is 14.4 Å². The highest BCUT2D eigenvalue weighted by molar-refractivity contribution is 5.90. The lowest BCUT2D eigenvalue weighted by Gasteiger charge is -2.34. The molecule has 1 N–H and O–H groups in total. The van der Waals surface area contributed by atoms with E-state index in [1.165, 1.54) is 37.6 Å². The summed E-state index contributed by atoms with van der Waals surface area (Å²) in [5, 5.41) is 2.66. The number of hydrogen-bond acceptors (Lipinski definition) is 5. The minimum Gasteiger partial charge on any atom is -0.491 e. The first-order chi connectivity index (χ1) is 14.4. The molecule has 1 saturated heterocycles. The van der Waals surface area contributed by atoms with Gasteiger partial charge in [0.2, 0.25) is 17.2 Å². The number of amides is 2. The maximum Gasteiger partial charge on any atom is 0.244 e. The van der Waals surface area contributed by atoms with Crippen LogP contribution in [-0.2, 0) is 22.7 Å². The molecule has 0 bridgehead atoms. The van der Waals surface area contributed by atoms with Crippen molar-refractivity contribution < 1.29 is 18.7 Å². The molecule has 160 valence electrons. The van der Waals surface area contributed by atoms with Gasteiger partial charge in [-0.05, 0) is 18.2 Å². The number of pyridine rings is 1. The van der Waals surface area contributed by atoms with Crippen molar-refractivity contribution in [2.75, 3.05) is 38.6 Å². The summed E-state index contributed by atoms with van der Waals surface area (Å²) in [6, 6.07) is 7.11. The van der Waals surface area contributed by atoms with Crippen LogP contribution in [0.1, 0.15) is 12.6 Å². The van der Waals surface area contributed by atoms with Crippen LogP contribution in [0.3, 0.4) is 0 Å². The first-order valence-corrected chi connectivity index (χ1v) is 9.66. The number of carbonyl (C=O) groups is 2. The van der Waals surface area contributed by atoms with E-state index >= 15 is 0 Å². The lowest BCUT2D eigenvalue weighted by molar-refractivity contribution is -0.130. The van der Waals surface area contributed by atoms with E-state index in [1.54, 1.807) is 22.5 Å². The Kier molecular flexibility index (Phi) is 6.83. The minimum absolute atomic E-state index is 0.0463. The maximum atomic E-state index is 13.4. The monoisotopic (exact) mass is 416 g/mol. The Morgan fingerprint density at radius 2 is 1.90 bits per heavy atom. The first kappa shape index (κ1) is 21.5. The summed E-state index contributed by atoms with van der Waals surface area (Å²) < 4.78 is 20.1. The molecular weight excluding hydrogens is 391 g/mol. The highest BCUT2D eigenvalue weighted by Crippen LogP contribution is 2.13. The Labute approximate surface area is 173 Å². The van der Waals surface area contributed by atoms with Gasteiger partial charge in [0.1, 0.15) is 12.4 Å². The van der Waals surface area contributed by atoms with E-state index in [0.29, 0.717) is 44.1 Å². The molecule has 1 fully saturated rings. The fraction of sp³-hybridized carbons (Fsp3) is 0.381. The lowest BCUT2D eigenvalue weighted by Crippen LogP contribution is -2.47. The van der Waals surface area contributed by atoms with Gasteiger partial charge in [-0.1, -0.05) is 6.07 Å². The predicted octanol–water partition coefficient (Wildman–Crippen LogP) is 1.30. The number of benzene rings is 1. The van der Waals surface area contributed by atoms with Crippen LogP contribution in [0, 0.1) is 5.82 Å². The number of hydrogen-bond donors (Lipinski definition) is 1. The third-order valence-electron chi connectivity index (χ3n) is 5.03. The van der Waals surface area contributed by atoms with E-state index in [4.69, 9.17) is 4.74 Å². The number of nitrogens with one attached hydrogen (secondary N) is 1. The van der Waals surface area contributed by atoms with Crippen molar-refractivity contribution >= 4 is 17.5 Å². The summed E-state index contributed by atoms with van der Waals surface area (Å²) in [7, 11) is 1.40. The Morgan fingerprint density at radius 1 is 1.17 bits per heavy atom. The van der Waals surface area contributed by atoms with Gasteiger partial charge in [0.25, 0.3) is 0 Å². The van der Waals surface area contributed by atoms with E-state index in [0.717, 1.165) is 0 Å². The number of methoxy groups -OCH3 is 1. The Hall–Kier alpha value is -3.20. The summed E-state index contributed by atoms with van der Waals surface area (Å²) >= 11 is 0. The van der Waals surface area contributed by atoms with Gasteiger partial charge in [0, 0.05) is 57.1 Å². The van der Waals surface area contributed by atoms with Crippen LogP contribution in [0.15, 0.2) is 41.3 Å². The van der Waals surface area contributed by atoms with E-state index in [-0.39, 0.29) is 29.5 Å². The topological polar surface area (TPSA) is 83.9 Å². The Morgan fingerprint density at radius 3 is 2.53 bits per heavy atom. The number of rotatable bonds is 6. The van der Waals surface area contributed by atoms with E-state index in [9.17, 15) is 18.8 Å². The molecule has 0 spiro atoms. The second-order valence-electron chi connectivity index (χ2n) is 7.17. The SMILES string of the molecule is COc1cn(CC(=O)Nc2cccc(F)c2)c(CN2CCN(C(C)=O)CC2)cc1=O. The molecule has 0 unspecified atom stereocenters. The summed E-state index contributed by atoms with van der Waals surface area (Å²) in [5.74, 6) is -0.610. The highest BCUT2D eigenvalue weighted by atomic mass is 19.1. The molecule has 2 aromatic rings. The zero-order valence-corrected chi connectivity index (χ0v) is 17.1. The number of piperazine rings is 1. The number of nitrogens with zero attached hydrogens (tertiary/aromatic N) is 3. The number of aromatic nitrogens is 1. The molecular formula is C21H25FN4O4. The maximum absolute atomic E-state index is 13.4. The first-order valence-electron chi connectivity index (χ1n) is 9.66. The van der Waals surface area contributed by atoms with Gasteiger partial charge in [-0.3, -0.25) is 19.3 Å². The average molecular weight is 416 g/mol. The van der Waals surface area contributed by atoms with E-state index in [2.05, 4.69) is 10.2 Å². The van der Waals surface area contributed by atoms with Crippen LogP contribution in [0.5, 0.6) is 5.75 Å². The van der Waals surface area contributed by atoms with Gasteiger partial charge in [-0.2, -0.15) is 0 Å². The van der Waals surface area contributed by atoms with Gasteiger partial charge in [0.05, 0.1) is 13.3 Å². The summed E-state index contributed by atoms with van der Waals surface area (Å²) in [6.07, 6.45) is 1.51. The zero-order valence-electron chi connectivity index (χ0n) is 17.1. The number of anilines is 1. The van der Waals surface area contributed by atoms with Crippen molar-refractivity contribution in [1.29, 1.82) is 0 Å². The third-order valence-corrected chi connectivity index (χ3v) is 5.03. The number of ether oxygens (including phenoxy) is 1. The summed E-state index contributed by atoms with van der Waals surface area (Å²) in [4.78, 5) is 40.2. The van der Waals surface area contributed by atoms with Crippen molar-refractivity contribution in [3.63, 3.8) is 0 Å². The van der Waals surface area contributed by atoms with Crippen molar-refractivity contribution in [2.24, 2.45) is 0 Å². The summed E-state index contributed by atoms with van der Waals surface area (Å²) in [6.45, 7) is 4.54. The second kappa shape index (κ2) is 9.53. The molecule has 30 heavy (non-hydrogen) atoms. The van der Waals surface area contributed by atoms with Crippen molar-refractivity contribution in [2.45, 2.75) is 20.0 Å². The molecule has 0 radical (unpaired) electrons. The molecule has 1 aromatic heterocycles. The molecule has 1 aliphatic rings. The van der Waals surface area contributed by atoms with Crippen LogP contribution < -0.4 is 15.5 Å². The molecule has 0 saturated carbocycles. The van der Waals surface area contributed by atoms with Crippen LogP contribution in [-0.4, -0.2) is 59.5 Å². The largest absolute Gasteiger partial charge is 0.491 e. The molecule has 1 aromatic carbocycles. The lowest BCUT2D eigenvalue weighted by atomic mass is 10.2. The quantitative estimate of drug-likeness (QED) is 0.768. The van der Waals surface area contributed by atoms with Crippen LogP contribution >= 0.6 is 0 Å². The normalized spacial score (nSPS) is 14.4. The molecule has 9 heteroatoms. The van der Waals surface area contributed by atoms with Crippen molar-refractivity contribution in [3.8, 4) is 5.75 Å². The Bertz CT molecular complexity index is 983. The smallest absolute Gasteiger partial charge is 0.244 e. The standard InChI is InChI=1S/C21H25FN4O4/c1-15(27)25-8-6-24(7-9-25)12-18-11-19(28)20(30-2)13-26(18)14-21(29)23-17-5-3-4-16(22)10-17/h3-5,10-11,13H,6-9,12,14H2,1-2H3,(H,23,29). The van der Waals surface area contributed by atoms with Gasteiger partial charge in [-0.25, -0.2) is 4.39 Å². The number of halogens is 1. The fourth-order valence-electron chi connectivity index (χ4n) is 3.40. The third kappa shape index (κ3) is 5.44. The minimum atomic E-state index is -0.441. The van der Waals surface area contributed by atoms with Crippen LogP contribution in [0.4, 0.5) is 10.1 Å². The fourth-order valence-corrected chi connectivity index (χ4v) is 3.40. The molecule has 1 aliphatic heterocycles. The Balaban J connectivity index is 1.75. The average Bonchev–Trinajstić information content (AvgIpc) is 2.70. The predicted molar refractivity (Wildman–Crippen MR) is 110 cm³/mol. The van der Waals surface area contributed by atoms with E-state index < -0.39 is 5.82 Å². The van der Waals surface area contributed by atoms with Gasteiger partial charge < -0.3 is 19.5 Å². The number of carbonyl (C=O) groups excluding carboxylic acids is 2. The molecule has 2 heterocycles. The molecule has 0 aliphatic carbocycles. The molecule has 0 atom stereocenters. The van der Waals surface area contributed by atoms with Gasteiger partial charge >= 0.3 is 0 Å². The van der Waals surface area contributed by atoms with E-state index in [1.807, 2.05) is 0 Å². The molecule has 8 nitrogen and oxygen atoms in total. The summed E-state index contributed by atoms with van der Waals surface area (Å²) in [5.41, 5.74) is 0.748. The van der Waals surface area contributed by atoms with Crippen LogP contribution in [0.2, 0.25) is 0 Å². The van der Waals surface area contributed by atoms with Gasteiger partial charge in [-0.15, -0.1) is 0 Å². The molecule has 3 rings (SSSR count). The highest BCUT2D eigenvalue weighted by Gasteiger charge is 2.20. The van der Waals surface area contributed by atoms with Crippen LogP contribution in [0.25, 0.3) is 0 Å². The van der Waals surface area contributed by atoms with Crippen molar-refractivity contribution in [3.05, 3.63) is 58.3 Å². The molecule has 2 amide bonds. The zero-order chi connectivity index (χ0) is 21.7. The van der Waals surface area contributed by atoms with Gasteiger partial charge in [0.15, 0.2) is 5.75 Å².